The molecule has 0 unspecified atom stereocenters. The molecule has 0 amide bonds. The van der Waals surface area contributed by atoms with E-state index in [-0.39, 0.29) is 47.2 Å². The second kappa shape index (κ2) is 10.3. The first kappa shape index (κ1) is 25.1. The maximum atomic E-state index is 13.8. The van der Waals surface area contributed by atoms with Gasteiger partial charge >= 0.3 is 6.18 Å². The van der Waals surface area contributed by atoms with Gasteiger partial charge in [0.25, 0.3) is 5.76 Å². The Kier molecular flexibility index (Phi) is 7.21. The minimum absolute atomic E-state index is 0.0384. The van der Waals surface area contributed by atoms with Crippen molar-refractivity contribution in [1.29, 1.82) is 0 Å². The molecule has 36 heavy (non-hydrogen) atoms. The number of carbonyl (C=O) groups excluding carboxylic acids is 1. The molecule has 0 saturated carbocycles. The van der Waals surface area contributed by atoms with Gasteiger partial charge in [0.1, 0.15) is 11.3 Å². The highest BCUT2D eigenvalue weighted by Gasteiger charge is 2.40. The summed E-state index contributed by atoms with van der Waals surface area (Å²) < 4.78 is 62.8. The van der Waals surface area contributed by atoms with Crippen LogP contribution in [0.4, 0.5) is 13.2 Å². The minimum atomic E-state index is -5.04. The van der Waals surface area contributed by atoms with Gasteiger partial charge in [0.2, 0.25) is 11.2 Å². The Morgan fingerprint density at radius 3 is 2.33 bits per heavy atom. The molecule has 0 N–H and O–H groups in total. The molecule has 0 saturated heterocycles. The van der Waals surface area contributed by atoms with Crippen LogP contribution < -0.4 is 19.6 Å². The van der Waals surface area contributed by atoms with Gasteiger partial charge in [-0.2, -0.15) is 13.2 Å². The Bertz CT molecular complexity index is 1460. The highest BCUT2D eigenvalue weighted by Crippen LogP contribution is 2.40. The average Bonchev–Trinajstić information content (AvgIpc) is 2.85. The molecule has 3 aromatic carbocycles. The molecule has 0 fully saturated rings. The maximum absolute atomic E-state index is 13.8. The highest BCUT2D eigenvalue weighted by atomic mass is 35.5. The van der Waals surface area contributed by atoms with Crippen molar-refractivity contribution < 1.29 is 36.6 Å². The molecule has 186 valence electrons. The molecular weight excluding hydrogens is 501 g/mol. The zero-order valence-corrected chi connectivity index (χ0v) is 19.5. The number of Topliss-reactive ketones (excluding diaryl/α,β-unsaturated/α-hetero) is 1. The topological polar surface area (TPSA) is 75.0 Å². The lowest BCUT2D eigenvalue weighted by atomic mass is 10.1. The molecule has 0 aliphatic heterocycles. The number of halogens is 4. The van der Waals surface area contributed by atoms with Crippen molar-refractivity contribution in [3.8, 4) is 23.0 Å². The van der Waals surface area contributed by atoms with Crippen LogP contribution in [0.3, 0.4) is 0 Å². The van der Waals surface area contributed by atoms with Crippen LogP contribution in [0.25, 0.3) is 11.0 Å². The standard InChI is InChI=1S/C26H18ClF3O6/c1-2-33-20-5-3-4-6-21(20)35-24-23(32)18-12-11-17(13-22(18)36-25(24)26(28,29)30)34-14-19(31)15-7-9-16(27)10-8-15/h3-13H,2,14H2,1H3. The van der Waals surface area contributed by atoms with Crippen molar-refractivity contribution in [2.75, 3.05) is 13.2 Å². The van der Waals surface area contributed by atoms with Crippen molar-refractivity contribution in [3.63, 3.8) is 0 Å². The summed E-state index contributed by atoms with van der Waals surface area (Å²) in [5.41, 5.74) is -1.06. The Balaban J connectivity index is 1.68. The minimum Gasteiger partial charge on any atom is -0.490 e. The Morgan fingerprint density at radius 2 is 1.67 bits per heavy atom. The van der Waals surface area contributed by atoms with Gasteiger partial charge < -0.3 is 18.6 Å². The van der Waals surface area contributed by atoms with Crippen molar-refractivity contribution in [2.45, 2.75) is 13.1 Å². The smallest absolute Gasteiger partial charge is 0.453 e. The lowest BCUT2D eigenvalue weighted by molar-refractivity contribution is -0.154. The quantitative estimate of drug-likeness (QED) is 0.236. The predicted octanol–water partition coefficient (Wildman–Crippen LogP) is 6.92. The first-order valence-corrected chi connectivity index (χ1v) is 11.0. The van der Waals surface area contributed by atoms with Crippen molar-refractivity contribution in [2.24, 2.45) is 0 Å². The van der Waals surface area contributed by atoms with E-state index in [0.717, 1.165) is 6.07 Å². The Hall–Kier alpha value is -3.98. The number of ketones is 1. The van der Waals surface area contributed by atoms with E-state index in [2.05, 4.69) is 0 Å². The summed E-state index contributed by atoms with van der Waals surface area (Å²) in [4.78, 5) is 25.3. The van der Waals surface area contributed by atoms with E-state index in [4.69, 9.17) is 30.2 Å². The Morgan fingerprint density at radius 1 is 0.972 bits per heavy atom. The zero-order valence-electron chi connectivity index (χ0n) is 18.7. The summed E-state index contributed by atoms with van der Waals surface area (Å²) in [6.07, 6.45) is -5.04. The molecule has 0 spiro atoms. The first-order chi connectivity index (χ1) is 17.2. The van der Waals surface area contributed by atoms with E-state index < -0.39 is 23.1 Å². The van der Waals surface area contributed by atoms with Crippen molar-refractivity contribution in [3.05, 3.63) is 93.3 Å². The fourth-order valence-corrected chi connectivity index (χ4v) is 3.44. The lowest BCUT2D eigenvalue weighted by Crippen LogP contribution is -2.16. The van der Waals surface area contributed by atoms with Crippen LogP contribution in [0.2, 0.25) is 5.02 Å². The number of ether oxygens (including phenoxy) is 3. The number of carbonyl (C=O) groups is 1. The van der Waals surface area contributed by atoms with Crippen LogP contribution in [-0.4, -0.2) is 19.0 Å². The van der Waals surface area contributed by atoms with Gasteiger partial charge in [-0.1, -0.05) is 23.7 Å². The molecule has 6 nitrogen and oxygen atoms in total. The average molecular weight is 519 g/mol. The van der Waals surface area contributed by atoms with Gasteiger partial charge in [0.05, 0.1) is 12.0 Å². The molecule has 4 aromatic rings. The monoisotopic (exact) mass is 518 g/mol. The van der Waals surface area contributed by atoms with E-state index in [1.807, 2.05) is 0 Å². The number of hydrogen-bond donors (Lipinski definition) is 0. The molecule has 0 radical (unpaired) electrons. The number of hydrogen-bond acceptors (Lipinski definition) is 6. The molecule has 0 aliphatic carbocycles. The van der Waals surface area contributed by atoms with Crippen LogP contribution in [-0.2, 0) is 6.18 Å². The molecular formula is C26H18ClF3O6. The maximum Gasteiger partial charge on any atom is 0.453 e. The fourth-order valence-electron chi connectivity index (χ4n) is 3.31. The molecule has 0 atom stereocenters. The second-order valence-electron chi connectivity index (χ2n) is 7.45. The summed E-state index contributed by atoms with van der Waals surface area (Å²) in [5, 5.41) is 0.297. The lowest BCUT2D eigenvalue weighted by Gasteiger charge is -2.15. The summed E-state index contributed by atoms with van der Waals surface area (Å²) in [5.74, 6) is -2.87. The highest BCUT2D eigenvalue weighted by molar-refractivity contribution is 6.30. The van der Waals surface area contributed by atoms with E-state index in [9.17, 15) is 22.8 Å². The van der Waals surface area contributed by atoms with Crippen LogP contribution in [0, 0.1) is 0 Å². The van der Waals surface area contributed by atoms with Crippen LogP contribution >= 0.6 is 11.6 Å². The van der Waals surface area contributed by atoms with Gasteiger partial charge in [-0.3, -0.25) is 9.59 Å². The number of alkyl halides is 3. The third kappa shape index (κ3) is 5.46. The molecule has 0 aliphatic rings. The third-order valence-electron chi connectivity index (χ3n) is 4.98. The molecule has 1 aromatic heterocycles. The van der Waals surface area contributed by atoms with Crippen LogP contribution in [0.1, 0.15) is 23.0 Å². The normalized spacial score (nSPS) is 11.4. The molecule has 4 rings (SSSR count). The molecule has 0 bridgehead atoms. The van der Waals surface area contributed by atoms with E-state index in [1.54, 1.807) is 25.1 Å². The first-order valence-electron chi connectivity index (χ1n) is 10.7. The summed E-state index contributed by atoms with van der Waals surface area (Å²) in [6.45, 7) is 1.55. The van der Waals surface area contributed by atoms with Crippen LogP contribution in [0.15, 0.2) is 75.9 Å². The number of benzene rings is 3. The van der Waals surface area contributed by atoms with Crippen molar-refractivity contribution >= 4 is 28.4 Å². The summed E-state index contributed by atoms with van der Waals surface area (Å²) in [7, 11) is 0. The zero-order chi connectivity index (χ0) is 25.9. The summed E-state index contributed by atoms with van der Waals surface area (Å²) in [6, 6.07) is 15.9. The van der Waals surface area contributed by atoms with Gasteiger partial charge in [0, 0.05) is 16.7 Å². The fraction of sp³-hybridized carbons (Fsp3) is 0.154. The third-order valence-corrected chi connectivity index (χ3v) is 5.23. The van der Waals surface area contributed by atoms with Gasteiger partial charge in [-0.25, -0.2) is 0 Å². The Labute approximate surface area is 207 Å². The largest absolute Gasteiger partial charge is 0.490 e. The van der Waals surface area contributed by atoms with Gasteiger partial charge in [0.15, 0.2) is 23.9 Å². The van der Waals surface area contributed by atoms with Gasteiger partial charge in [-0.05, 0) is 55.5 Å². The molecule has 1 heterocycles. The van der Waals surface area contributed by atoms with E-state index in [1.165, 1.54) is 42.5 Å². The SMILES string of the molecule is CCOc1ccccc1Oc1c(C(F)(F)F)oc2cc(OCC(=O)c3ccc(Cl)cc3)ccc2c1=O. The number of rotatable bonds is 8. The summed E-state index contributed by atoms with van der Waals surface area (Å²) >= 11 is 5.81. The predicted molar refractivity (Wildman–Crippen MR) is 126 cm³/mol. The van der Waals surface area contributed by atoms with Crippen molar-refractivity contribution in [1.82, 2.24) is 0 Å². The number of fused-ring (bicyclic) bond motifs is 1. The van der Waals surface area contributed by atoms with E-state index >= 15 is 0 Å². The second-order valence-corrected chi connectivity index (χ2v) is 7.88. The van der Waals surface area contributed by atoms with E-state index in [0.29, 0.717) is 10.6 Å². The molecule has 10 heteroatoms. The van der Waals surface area contributed by atoms with Crippen LogP contribution in [0.5, 0.6) is 23.0 Å². The number of para-hydroxylation sites is 2. The van der Waals surface area contributed by atoms with Gasteiger partial charge in [-0.15, -0.1) is 0 Å².